The van der Waals surface area contributed by atoms with Crippen molar-refractivity contribution in [3.8, 4) is 17.1 Å². The van der Waals surface area contributed by atoms with E-state index in [2.05, 4.69) is 11.1 Å². The van der Waals surface area contributed by atoms with E-state index in [1.54, 1.807) is 17.8 Å². The molecule has 0 aliphatic heterocycles. The van der Waals surface area contributed by atoms with Crippen LogP contribution in [0.1, 0.15) is 25.3 Å². The molecule has 0 amide bonds. The molecule has 2 atom stereocenters. The molecule has 188 valence electrons. The van der Waals surface area contributed by atoms with Gasteiger partial charge in [0.05, 0.1) is 28.8 Å². The second-order valence-electron chi connectivity index (χ2n) is 8.10. The van der Waals surface area contributed by atoms with E-state index in [1.807, 2.05) is 18.8 Å². The van der Waals surface area contributed by atoms with Crippen LogP contribution >= 0.6 is 29.2 Å². The largest absolute Gasteiger partial charge is 0.427 e. The highest BCUT2D eigenvalue weighted by Crippen LogP contribution is 2.50. The summed E-state index contributed by atoms with van der Waals surface area (Å²) in [5.41, 5.74) is 1.15. The average molecular weight is 547 g/mol. The van der Waals surface area contributed by atoms with Gasteiger partial charge in [0.1, 0.15) is 5.52 Å². The molecule has 13 heteroatoms. The number of alkyl halides is 4. The molecule has 2 unspecified atom stereocenters. The van der Waals surface area contributed by atoms with Crippen molar-refractivity contribution in [2.45, 2.75) is 48.2 Å². The van der Waals surface area contributed by atoms with Gasteiger partial charge in [0.2, 0.25) is 11.1 Å². The molecule has 0 saturated heterocycles. The third kappa shape index (κ3) is 5.13. The summed E-state index contributed by atoms with van der Waals surface area (Å²) in [5.74, 6) is 2.83. The first-order valence-corrected chi connectivity index (χ1v) is 13.1. The lowest BCUT2D eigenvalue weighted by Gasteiger charge is -2.23. The van der Waals surface area contributed by atoms with Crippen molar-refractivity contribution < 1.29 is 27.7 Å². The Balaban J connectivity index is 0.00000167. The maximum atomic E-state index is 14.3. The fourth-order valence-corrected chi connectivity index (χ4v) is 6.07. The van der Waals surface area contributed by atoms with Crippen LogP contribution in [0.5, 0.6) is 0 Å². The standard InChI is InChI=1S/C21H20F4N4OP2S.CH4O/c1-3-33-16-6-12(19(10-26)4-5-19)9-32-17(16)13-7-14-15(8-27-13)29(18(30)28(14)2)11-20(22,31)21(23,24)25;1-2/h6-9H,3-5,11,31H2,1-2H3;2H,1H3/p+1. The molecule has 35 heavy (non-hydrogen) atoms. The number of H-pyrrole nitrogens is 1. The van der Waals surface area contributed by atoms with Gasteiger partial charge in [-0.25, -0.2) is 14.2 Å². The van der Waals surface area contributed by atoms with Gasteiger partial charge in [-0.3, -0.25) is 9.13 Å². The zero-order valence-electron chi connectivity index (χ0n) is 19.3. The number of thioether (sulfide) groups is 1. The van der Waals surface area contributed by atoms with E-state index in [0.29, 0.717) is 11.2 Å². The summed E-state index contributed by atoms with van der Waals surface area (Å²) < 4.78 is 55.5. The molecule has 1 aliphatic carbocycles. The van der Waals surface area contributed by atoms with Crippen LogP contribution in [0.3, 0.4) is 0 Å². The van der Waals surface area contributed by atoms with E-state index in [9.17, 15) is 27.6 Å². The van der Waals surface area contributed by atoms with Crippen molar-refractivity contribution >= 4 is 40.2 Å². The molecule has 3 heterocycles. The molecule has 4 rings (SSSR count). The number of nitriles is 1. The molecule has 1 fully saturated rings. The minimum Gasteiger partial charge on any atom is -0.400 e. The monoisotopic (exact) mass is 547 g/mol. The first-order valence-electron chi connectivity index (χ1n) is 10.6. The summed E-state index contributed by atoms with van der Waals surface area (Å²) in [4.78, 5) is 16.7. The lowest BCUT2D eigenvalue weighted by atomic mass is 10.0. The molecule has 0 bridgehead atoms. The fourth-order valence-electron chi connectivity index (χ4n) is 3.72. The number of fused-ring (bicyclic) bond motifs is 1. The highest BCUT2D eigenvalue weighted by molar-refractivity contribution is 7.99. The van der Waals surface area contributed by atoms with E-state index in [0.717, 1.165) is 54.2 Å². The number of aliphatic hydroxyl groups is 1. The van der Waals surface area contributed by atoms with Crippen LogP contribution < -0.4 is 10.7 Å². The Kier molecular flexibility index (Phi) is 8.03. The number of rotatable bonds is 6. The van der Waals surface area contributed by atoms with Crippen LogP contribution in [0.2, 0.25) is 0 Å². The number of nitrogens with one attached hydrogen (secondary N) is 1. The minimum absolute atomic E-state index is 0.180. The first kappa shape index (κ1) is 27.6. The van der Waals surface area contributed by atoms with Gasteiger partial charge in [0, 0.05) is 25.1 Å². The van der Waals surface area contributed by atoms with Crippen molar-refractivity contribution in [1.82, 2.24) is 9.13 Å². The lowest BCUT2D eigenvalue weighted by Crippen LogP contribution is -2.41. The van der Waals surface area contributed by atoms with E-state index in [4.69, 9.17) is 5.11 Å². The Morgan fingerprint density at radius 3 is 2.49 bits per heavy atom. The number of aromatic nitrogens is 3. The van der Waals surface area contributed by atoms with Crippen molar-refractivity contribution in [2.24, 2.45) is 7.05 Å². The number of aryl methyl sites for hydroxylation is 1. The predicted octanol–water partition coefficient (Wildman–Crippen LogP) is 4.78. The molecule has 3 aromatic heterocycles. The molecule has 1 saturated carbocycles. The number of nitrogens with zero attached hydrogens (tertiary/aromatic N) is 3. The van der Waals surface area contributed by atoms with Crippen molar-refractivity contribution in [1.29, 1.82) is 5.26 Å². The zero-order valence-corrected chi connectivity index (χ0v) is 22.1. The highest BCUT2D eigenvalue weighted by Gasteiger charge is 2.53. The van der Waals surface area contributed by atoms with Gasteiger partial charge in [0.25, 0.3) is 0 Å². The molecule has 0 spiro atoms. The SMILES string of the molecule is CCSc1cc(C2(C#N)CC2)cpc1-c1cc2c(c[nH+]1)n(CC(F)(P)C(F)(F)F)c(=O)n2C.CO. The molecular weight excluding hydrogens is 522 g/mol. The summed E-state index contributed by atoms with van der Waals surface area (Å²) in [5, 5.41) is 13.9. The van der Waals surface area contributed by atoms with E-state index >= 15 is 0 Å². The zero-order chi connectivity index (χ0) is 26.2. The number of imidazole rings is 1. The van der Waals surface area contributed by atoms with Crippen LogP contribution in [0.15, 0.2) is 33.8 Å². The minimum atomic E-state index is -5.14. The summed E-state index contributed by atoms with van der Waals surface area (Å²) in [6, 6.07) is 6.15. The Bertz CT molecular complexity index is 1340. The van der Waals surface area contributed by atoms with Gasteiger partial charge in [-0.1, -0.05) is 24.4 Å². The van der Waals surface area contributed by atoms with E-state index in [1.165, 1.54) is 27.1 Å². The number of hydrogen-bond donors (Lipinski definition) is 1. The predicted molar refractivity (Wildman–Crippen MR) is 132 cm³/mol. The molecule has 6 nitrogen and oxygen atoms in total. The van der Waals surface area contributed by atoms with E-state index < -0.39 is 29.2 Å². The molecule has 0 radical (unpaired) electrons. The van der Waals surface area contributed by atoms with Gasteiger partial charge in [0.15, 0.2) is 6.20 Å². The van der Waals surface area contributed by atoms with Crippen LogP contribution in [-0.2, 0) is 19.0 Å². The van der Waals surface area contributed by atoms with Gasteiger partial charge in [-0.15, -0.1) is 11.8 Å². The normalized spacial score (nSPS) is 16.5. The Morgan fingerprint density at radius 2 is 1.94 bits per heavy atom. The number of aromatic amines is 1. The summed E-state index contributed by atoms with van der Waals surface area (Å²) >= 11 is 1.64. The summed E-state index contributed by atoms with van der Waals surface area (Å²) in [6.45, 7) is 0.858. The molecule has 1 aliphatic rings. The molecular formula is C22H25F4N4O2P2S+. The Hall–Kier alpha value is -1.98. The molecule has 3 aromatic rings. The third-order valence-corrected chi connectivity index (χ3v) is 8.59. The molecule has 2 N–H and O–H groups in total. The maximum absolute atomic E-state index is 14.3. The van der Waals surface area contributed by atoms with Crippen LogP contribution in [0.4, 0.5) is 17.6 Å². The number of aliphatic hydroxyl groups excluding tert-OH is 1. The van der Waals surface area contributed by atoms with Gasteiger partial charge < -0.3 is 5.11 Å². The van der Waals surface area contributed by atoms with Gasteiger partial charge in [-0.2, -0.15) is 18.4 Å². The van der Waals surface area contributed by atoms with Crippen LogP contribution in [0, 0.1) is 11.3 Å². The van der Waals surface area contributed by atoms with Crippen LogP contribution in [-0.4, -0.2) is 38.7 Å². The van der Waals surface area contributed by atoms with Crippen molar-refractivity contribution in [3.05, 3.63) is 40.2 Å². The van der Waals surface area contributed by atoms with E-state index in [-0.39, 0.29) is 5.52 Å². The van der Waals surface area contributed by atoms with Crippen LogP contribution in [0.25, 0.3) is 22.0 Å². The number of halogens is 4. The third-order valence-electron chi connectivity index (χ3n) is 5.86. The first-order chi connectivity index (χ1) is 16.4. The summed E-state index contributed by atoms with van der Waals surface area (Å²) in [6.07, 6.45) is -2.00. The Labute approximate surface area is 207 Å². The smallest absolute Gasteiger partial charge is 0.400 e. The number of hydrogen-bond acceptors (Lipinski definition) is 4. The topological polar surface area (TPSA) is 85.1 Å². The lowest BCUT2D eigenvalue weighted by molar-refractivity contribution is -0.362. The van der Waals surface area contributed by atoms with Gasteiger partial charge >= 0.3 is 11.9 Å². The molecule has 0 aromatic carbocycles. The fraction of sp³-hybridized carbons (Fsp3) is 0.455. The highest BCUT2D eigenvalue weighted by atomic mass is 32.2. The second kappa shape index (κ2) is 10.2. The second-order valence-corrected chi connectivity index (χ2v) is 11.3. The quantitative estimate of drug-likeness (QED) is 0.274. The maximum Gasteiger partial charge on any atom is 0.427 e. The van der Waals surface area contributed by atoms with Gasteiger partial charge in [-0.05, 0) is 36.0 Å². The summed E-state index contributed by atoms with van der Waals surface area (Å²) in [7, 11) is 4.50. The number of pyridine rings is 1. The average Bonchev–Trinajstić information content (AvgIpc) is 3.60. The van der Waals surface area contributed by atoms with Crippen molar-refractivity contribution in [2.75, 3.05) is 12.9 Å². The Morgan fingerprint density at radius 1 is 1.29 bits per heavy atom. The van der Waals surface area contributed by atoms with Crippen molar-refractivity contribution in [3.63, 3.8) is 0 Å².